The van der Waals surface area contributed by atoms with Crippen LogP contribution in [0.2, 0.25) is 0 Å². The third-order valence-corrected chi connectivity index (χ3v) is 1.85. The molecule has 1 atom stereocenters. The van der Waals surface area contributed by atoms with Gasteiger partial charge in [0.1, 0.15) is 0 Å². The van der Waals surface area contributed by atoms with Crippen molar-refractivity contribution in [3.63, 3.8) is 0 Å². The van der Waals surface area contributed by atoms with Gasteiger partial charge in [-0.05, 0) is 26.7 Å². The number of nitrogens with zero attached hydrogens (tertiary/aromatic N) is 2. The van der Waals surface area contributed by atoms with Gasteiger partial charge in [0, 0.05) is 18.8 Å². The molecule has 0 fully saturated rings. The second-order valence-electron chi connectivity index (χ2n) is 3.15. The molecule has 0 aromatic heterocycles. The van der Waals surface area contributed by atoms with Crippen LogP contribution in [0.3, 0.4) is 0 Å². The molecule has 3 heteroatoms. The first kappa shape index (κ1) is 11.4. The van der Waals surface area contributed by atoms with E-state index in [9.17, 15) is 0 Å². The van der Waals surface area contributed by atoms with E-state index in [0.717, 1.165) is 18.6 Å². The molecular weight excluding hydrogens is 150 g/mol. The molecule has 0 radical (unpaired) electrons. The lowest BCUT2D eigenvalue weighted by Gasteiger charge is -2.19. The van der Waals surface area contributed by atoms with Crippen molar-refractivity contribution >= 4 is 5.71 Å². The topological polar surface area (TPSA) is 27.6 Å². The van der Waals surface area contributed by atoms with Gasteiger partial charge in [0.25, 0.3) is 0 Å². The zero-order valence-electron chi connectivity index (χ0n) is 8.89. The Hall–Kier alpha value is -0.570. The van der Waals surface area contributed by atoms with E-state index in [-0.39, 0.29) is 0 Å². The van der Waals surface area contributed by atoms with E-state index in [1.54, 1.807) is 5.12 Å². The number of hydrogen-bond acceptors (Lipinski definition) is 3. The highest BCUT2D eigenvalue weighted by Crippen LogP contribution is 1.91. The molecule has 0 heterocycles. The molecule has 0 aliphatic carbocycles. The van der Waals surface area contributed by atoms with Crippen LogP contribution in [0.5, 0.6) is 0 Å². The molecule has 3 nitrogen and oxygen atoms in total. The molecule has 72 valence electrons. The fourth-order valence-electron chi connectivity index (χ4n) is 0.766. The van der Waals surface area contributed by atoms with Crippen LogP contribution < -0.4 is 5.43 Å². The minimum absolute atomic E-state index is 0.489. The maximum Gasteiger partial charge on any atom is 0.0421 e. The summed E-state index contributed by atoms with van der Waals surface area (Å²) in [4.78, 5) is 0. The maximum absolute atomic E-state index is 4.32. The first-order valence-corrected chi connectivity index (χ1v) is 4.64. The van der Waals surface area contributed by atoms with E-state index in [1.165, 1.54) is 0 Å². The Morgan fingerprint density at radius 1 is 1.50 bits per heavy atom. The average molecular weight is 171 g/mol. The van der Waals surface area contributed by atoms with E-state index >= 15 is 0 Å². The van der Waals surface area contributed by atoms with Gasteiger partial charge in [-0.15, -0.1) is 0 Å². The fraction of sp³-hybridized carbons (Fsp3) is 0.889. The maximum atomic E-state index is 4.32. The molecule has 0 rings (SSSR count). The van der Waals surface area contributed by atoms with Crippen LogP contribution in [-0.4, -0.2) is 23.9 Å². The predicted molar refractivity (Wildman–Crippen MR) is 54.1 cm³/mol. The summed E-state index contributed by atoms with van der Waals surface area (Å²) in [5.74, 6) is 0. The Balaban J connectivity index is 3.80. The highest BCUT2D eigenvalue weighted by atomic mass is 15.7. The lowest BCUT2D eigenvalue weighted by atomic mass is 10.3. The Kier molecular flexibility index (Phi) is 5.72. The largest absolute Gasteiger partial charge is 0.233 e. The summed E-state index contributed by atoms with van der Waals surface area (Å²) in [6.07, 6.45) is 2.12. The Labute approximate surface area is 75.8 Å². The van der Waals surface area contributed by atoms with Gasteiger partial charge in [0.15, 0.2) is 0 Å². The van der Waals surface area contributed by atoms with Gasteiger partial charge in [-0.25, -0.2) is 10.5 Å². The van der Waals surface area contributed by atoms with Crippen molar-refractivity contribution in [3.8, 4) is 0 Å². The van der Waals surface area contributed by atoms with E-state index in [4.69, 9.17) is 0 Å². The third-order valence-electron chi connectivity index (χ3n) is 1.85. The molecule has 1 N–H and O–H groups in total. The first-order valence-electron chi connectivity index (χ1n) is 4.64. The molecule has 0 aromatic carbocycles. The van der Waals surface area contributed by atoms with Crippen LogP contribution >= 0.6 is 0 Å². The summed E-state index contributed by atoms with van der Waals surface area (Å²) in [6, 6.07) is 0.489. The molecule has 0 spiro atoms. The lowest BCUT2D eigenvalue weighted by Crippen LogP contribution is -2.37. The molecule has 0 aliphatic rings. The minimum Gasteiger partial charge on any atom is -0.233 e. The van der Waals surface area contributed by atoms with Crippen molar-refractivity contribution in [1.29, 1.82) is 0 Å². The normalized spacial score (nSPS) is 14.6. The van der Waals surface area contributed by atoms with Crippen LogP contribution in [0.25, 0.3) is 0 Å². The first-order chi connectivity index (χ1) is 5.60. The van der Waals surface area contributed by atoms with Gasteiger partial charge >= 0.3 is 0 Å². The molecule has 0 amide bonds. The number of hydrazine groups is 1. The SMILES string of the molecule is CCC(C)=NN(C)NC(C)CC. The Bertz CT molecular complexity index is 143. The summed E-state index contributed by atoms with van der Waals surface area (Å²) >= 11 is 0. The number of rotatable bonds is 5. The van der Waals surface area contributed by atoms with Gasteiger partial charge < -0.3 is 0 Å². The lowest BCUT2D eigenvalue weighted by molar-refractivity contribution is 0.210. The van der Waals surface area contributed by atoms with Gasteiger partial charge in [0.2, 0.25) is 0 Å². The Morgan fingerprint density at radius 2 is 2.08 bits per heavy atom. The predicted octanol–water partition coefficient (Wildman–Crippen LogP) is 2.01. The van der Waals surface area contributed by atoms with Crippen LogP contribution in [0.4, 0.5) is 0 Å². The molecule has 0 bridgehead atoms. The highest BCUT2D eigenvalue weighted by Gasteiger charge is 1.99. The van der Waals surface area contributed by atoms with Gasteiger partial charge in [-0.3, -0.25) is 0 Å². The fourth-order valence-corrected chi connectivity index (χ4v) is 0.766. The second-order valence-corrected chi connectivity index (χ2v) is 3.15. The second kappa shape index (κ2) is 6.00. The monoisotopic (exact) mass is 171 g/mol. The average Bonchev–Trinajstić information content (AvgIpc) is 2.03. The molecule has 0 aromatic rings. The van der Waals surface area contributed by atoms with Crippen molar-refractivity contribution in [2.24, 2.45) is 5.10 Å². The molecule has 0 saturated carbocycles. The highest BCUT2D eigenvalue weighted by molar-refractivity contribution is 5.81. The summed E-state index contributed by atoms with van der Waals surface area (Å²) in [5.41, 5.74) is 4.39. The van der Waals surface area contributed by atoms with Gasteiger partial charge in [-0.1, -0.05) is 13.8 Å². The van der Waals surface area contributed by atoms with Crippen molar-refractivity contribution in [1.82, 2.24) is 10.5 Å². The minimum atomic E-state index is 0.489. The number of hydrogen-bond donors (Lipinski definition) is 1. The smallest absolute Gasteiger partial charge is 0.0421 e. The van der Waals surface area contributed by atoms with E-state index in [1.807, 2.05) is 14.0 Å². The van der Waals surface area contributed by atoms with Crippen molar-refractivity contribution in [2.45, 2.75) is 46.6 Å². The van der Waals surface area contributed by atoms with Gasteiger partial charge in [-0.2, -0.15) is 5.10 Å². The third kappa shape index (κ3) is 5.13. The van der Waals surface area contributed by atoms with Crippen LogP contribution in [0, 0.1) is 0 Å². The van der Waals surface area contributed by atoms with Crippen molar-refractivity contribution < 1.29 is 0 Å². The van der Waals surface area contributed by atoms with Crippen LogP contribution in [-0.2, 0) is 0 Å². The summed E-state index contributed by atoms with van der Waals surface area (Å²) in [5, 5.41) is 6.12. The zero-order chi connectivity index (χ0) is 9.56. The molecule has 0 aliphatic heterocycles. The quantitative estimate of drug-likeness (QED) is 0.506. The number of nitrogens with one attached hydrogen (secondary N) is 1. The standard InChI is InChI=1S/C9H21N3/c1-6-8(3)10-12(5)11-9(4)7-2/h8,10H,6-7H2,1-5H3. The van der Waals surface area contributed by atoms with Gasteiger partial charge in [0.05, 0.1) is 0 Å². The zero-order valence-corrected chi connectivity index (χ0v) is 8.89. The van der Waals surface area contributed by atoms with Crippen molar-refractivity contribution in [2.75, 3.05) is 7.05 Å². The molecule has 12 heavy (non-hydrogen) atoms. The van der Waals surface area contributed by atoms with E-state index in [0.29, 0.717) is 6.04 Å². The summed E-state index contributed by atoms with van der Waals surface area (Å²) in [7, 11) is 1.94. The summed E-state index contributed by atoms with van der Waals surface area (Å²) in [6.45, 7) is 8.44. The molecular formula is C9H21N3. The van der Waals surface area contributed by atoms with Crippen LogP contribution in [0.15, 0.2) is 5.10 Å². The van der Waals surface area contributed by atoms with Crippen molar-refractivity contribution in [3.05, 3.63) is 0 Å². The van der Waals surface area contributed by atoms with Crippen LogP contribution in [0.1, 0.15) is 40.5 Å². The molecule has 1 unspecified atom stereocenters. The van der Waals surface area contributed by atoms with E-state index < -0.39 is 0 Å². The van der Waals surface area contributed by atoms with E-state index in [2.05, 4.69) is 31.3 Å². The summed E-state index contributed by atoms with van der Waals surface area (Å²) < 4.78 is 0. The number of hydrazone groups is 1. The Morgan fingerprint density at radius 3 is 2.50 bits per heavy atom. The molecule has 0 saturated heterocycles.